The number of carboxylic acids is 1. The summed E-state index contributed by atoms with van der Waals surface area (Å²) in [4.78, 5) is 11.3. The molecule has 2 N–H and O–H groups in total. The van der Waals surface area contributed by atoms with Crippen LogP contribution in [0.5, 0.6) is 0 Å². The van der Waals surface area contributed by atoms with Crippen LogP contribution in [0.2, 0.25) is 0 Å². The topological polar surface area (TPSA) is 49.3 Å². The minimum atomic E-state index is -0.875. The largest absolute Gasteiger partial charge is 0.478 e. The predicted molar refractivity (Wildman–Crippen MR) is 93.9 cm³/mol. The van der Waals surface area contributed by atoms with Gasteiger partial charge in [0.25, 0.3) is 0 Å². The molecule has 0 saturated heterocycles. The number of halogens is 1. The van der Waals surface area contributed by atoms with Crippen molar-refractivity contribution in [3.05, 3.63) is 75.8 Å². The summed E-state index contributed by atoms with van der Waals surface area (Å²) in [6.07, 6.45) is 5.44. The van der Waals surface area contributed by atoms with E-state index in [-0.39, 0.29) is 12.0 Å². The van der Waals surface area contributed by atoms with Gasteiger partial charge in [-0.05, 0) is 53.8 Å². The average Bonchev–Trinajstić information content (AvgIpc) is 3.03. The van der Waals surface area contributed by atoms with Gasteiger partial charge in [-0.15, -0.1) is 0 Å². The third-order valence-electron chi connectivity index (χ3n) is 4.82. The second-order valence-electron chi connectivity index (χ2n) is 6.14. The number of aromatic carboxylic acids is 1. The first-order valence-corrected chi connectivity index (χ1v) is 8.48. The van der Waals surface area contributed by atoms with Gasteiger partial charge in [0.05, 0.1) is 11.6 Å². The number of carboxylic acid groups (broad SMARTS) is 1. The van der Waals surface area contributed by atoms with Crippen molar-refractivity contribution in [2.45, 2.75) is 18.4 Å². The molecule has 4 rings (SSSR count). The number of rotatable bonds is 2. The van der Waals surface area contributed by atoms with E-state index in [4.69, 9.17) is 0 Å². The molecular weight excluding hydrogens is 354 g/mol. The van der Waals surface area contributed by atoms with Gasteiger partial charge in [0.2, 0.25) is 0 Å². The van der Waals surface area contributed by atoms with E-state index >= 15 is 0 Å². The molecule has 1 aliphatic carbocycles. The van der Waals surface area contributed by atoms with E-state index in [1.54, 1.807) is 6.07 Å². The van der Waals surface area contributed by atoms with Crippen molar-refractivity contribution >= 4 is 27.6 Å². The van der Waals surface area contributed by atoms with Crippen LogP contribution in [0.1, 0.15) is 39.9 Å². The van der Waals surface area contributed by atoms with Crippen LogP contribution in [0.15, 0.2) is 59.1 Å². The van der Waals surface area contributed by atoms with Crippen molar-refractivity contribution in [2.24, 2.45) is 5.92 Å². The summed E-state index contributed by atoms with van der Waals surface area (Å²) in [6.45, 7) is 0. The maximum atomic E-state index is 11.3. The molecule has 0 unspecified atom stereocenters. The molecular formula is C19H16BrNO2. The van der Waals surface area contributed by atoms with Crippen molar-refractivity contribution in [3.63, 3.8) is 0 Å². The van der Waals surface area contributed by atoms with Crippen LogP contribution in [-0.4, -0.2) is 11.1 Å². The fraction of sp³-hybridized carbons (Fsp3) is 0.211. The molecule has 4 heteroatoms. The van der Waals surface area contributed by atoms with E-state index < -0.39 is 5.97 Å². The third kappa shape index (κ3) is 2.47. The normalized spacial score (nSPS) is 24.7. The monoisotopic (exact) mass is 369 g/mol. The molecule has 0 bridgehead atoms. The molecule has 2 aromatic rings. The zero-order chi connectivity index (χ0) is 16.0. The van der Waals surface area contributed by atoms with Crippen molar-refractivity contribution in [2.75, 3.05) is 5.32 Å². The Morgan fingerprint density at radius 1 is 1.22 bits per heavy atom. The lowest BCUT2D eigenvalue weighted by Crippen LogP contribution is -2.29. The van der Waals surface area contributed by atoms with Crippen molar-refractivity contribution in [1.29, 1.82) is 0 Å². The van der Waals surface area contributed by atoms with E-state index in [1.807, 2.05) is 18.2 Å². The highest BCUT2D eigenvalue weighted by Gasteiger charge is 2.38. The number of nitrogens with one attached hydrogen (secondary N) is 1. The highest BCUT2D eigenvalue weighted by Crippen LogP contribution is 2.50. The molecule has 3 nitrogen and oxygen atoms in total. The minimum Gasteiger partial charge on any atom is -0.478 e. The first kappa shape index (κ1) is 14.5. The summed E-state index contributed by atoms with van der Waals surface area (Å²) in [5, 5.41) is 12.9. The summed E-state index contributed by atoms with van der Waals surface area (Å²) >= 11 is 3.55. The Morgan fingerprint density at radius 2 is 2.09 bits per heavy atom. The predicted octanol–water partition coefficient (Wildman–Crippen LogP) is 4.97. The first-order chi connectivity index (χ1) is 11.1. The van der Waals surface area contributed by atoms with Crippen molar-refractivity contribution in [1.82, 2.24) is 0 Å². The Hall–Kier alpha value is -2.07. The molecule has 1 heterocycles. The molecule has 1 aliphatic heterocycles. The van der Waals surface area contributed by atoms with Gasteiger partial charge in [-0.3, -0.25) is 0 Å². The lowest BCUT2D eigenvalue weighted by molar-refractivity contribution is 0.0696. The quantitative estimate of drug-likeness (QED) is 0.734. The molecule has 116 valence electrons. The van der Waals surface area contributed by atoms with Crippen LogP contribution in [0.25, 0.3) is 0 Å². The van der Waals surface area contributed by atoms with Crippen LogP contribution in [0.4, 0.5) is 5.69 Å². The zero-order valence-corrected chi connectivity index (χ0v) is 14.0. The third-order valence-corrected chi connectivity index (χ3v) is 5.31. The van der Waals surface area contributed by atoms with E-state index in [1.165, 1.54) is 5.56 Å². The van der Waals surface area contributed by atoms with Crippen LogP contribution >= 0.6 is 15.9 Å². The number of hydrogen-bond acceptors (Lipinski definition) is 2. The first-order valence-electron chi connectivity index (χ1n) is 7.69. The molecule has 0 aromatic heterocycles. The molecule has 2 aliphatic rings. The van der Waals surface area contributed by atoms with Crippen LogP contribution in [-0.2, 0) is 0 Å². The Bertz CT molecular complexity index is 815. The maximum Gasteiger partial charge on any atom is 0.335 e. The zero-order valence-electron chi connectivity index (χ0n) is 12.4. The molecule has 0 radical (unpaired) electrons. The lowest BCUT2D eigenvalue weighted by atomic mass is 9.76. The Labute approximate surface area is 143 Å². The Balaban J connectivity index is 1.79. The molecule has 2 aromatic carbocycles. The standard InChI is InChI=1S/C19H16BrNO2/c20-13-4-1-3-11(9-13)18-15-6-2-5-14(15)16-10-12(19(22)23)7-8-17(16)21-18/h1-5,7-10,14-15,18,21H,6H2,(H,22,23)/t14-,15-,18-/m1/s1. The van der Waals surface area contributed by atoms with E-state index in [2.05, 4.69) is 51.6 Å². The van der Waals surface area contributed by atoms with Crippen molar-refractivity contribution < 1.29 is 9.90 Å². The maximum absolute atomic E-state index is 11.3. The number of fused-ring (bicyclic) bond motifs is 3. The van der Waals surface area contributed by atoms with Crippen LogP contribution < -0.4 is 5.32 Å². The van der Waals surface area contributed by atoms with Crippen molar-refractivity contribution in [3.8, 4) is 0 Å². The summed E-state index contributed by atoms with van der Waals surface area (Å²) in [6, 6.07) is 14.0. The second-order valence-corrected chi connectivity index (χ2v) is 7.05. The highest BCUT2D eigenvalue weighted by molar-refractivity contribution is 9.10. The summed E-state index contributed by atoms with van der Waals surface area (Å²) in [7, 11) is 0. The number of anilines is 1. The van der Waals surface area contributed by atoms with E-state index in [0.29, 0.717) is 11.5 Å². The number of hydrogen-bond donors (Lipinski definition) is 2. The van der Waals surface area contributed by atoms with Gasteiger partial charge in [-0.2, -0.15) is 0 Å². The fourth-order valence-corrected chi connectivity index (χ4v) is 4.17. The molecule has 0 amide bonds. The van der Waals surface area contributed by atoms with E-state index in [0.717, 1.165) is 22.1 Å². The number of carbonyl (C=O) groups is 1. The lowest BCUT2D eigenvalue weighted by Gasteiger charge is -2.37. The molecule has 3 atom stereocenters. The highest BCUT2D eigenvalue weighted by atomic mass is 79.9. The van der Waals surface area contributed by atoms with Gasteiger partial charge in [-0.1, -0.05) is 40.2 Å². The van der Waals surface area contributed by atoms with E-state index in [9.17, 15) is 9.90 Å². The van der Waals surface area contributed by atoms with Gasteiger partial charge in [-0.25, -0.2) is 4.79 Å². The molecule has 0 saturated carbocycles. The summed E-state index contributed by atoms with van der Waals surface area (Å²) in [5.74, 6) is -0.184. The smallest absolute Gasteiger partial charge is 0.335 e. The van der Waals surface area contributed by atoms with Gasteiger partial charge < -0.3 is 10.4 Å². The SMILES string of the molecule is O=C(O)c1ccc2c(c1)[C@@H]1C=CC[C@H]1[C@@H](c1cccc(Br)c1)N2. The van der Waals surface area contributed by atoms with Crippen LogP contribution in [0.3, 0.4) is 0 Å². The molecule has 23 heavy (non-hydrogen) atoms. The minimum absolute atomic E-state index is 0.232. The number of allylic oxidation sites excluding steroid dienone is 2. The van der Waals surface area contributed by atoms with Crippen LogP contribution in [0, 0.1) is 5.92 Å². The summed E-state index contributed by atoms with van der Waals surface area (Å²) in [5.41, 5.74) is 3.74. The Kier molecular flexibility index (Phi) is 3.49. The van der Waals surface area contributed by atoms with Gasteiger partial charge in [0, 0.05) is 16.1 Å². The summed E-state index contributed by atoms with van der Waals surface area (Å²) < 4.78 is 1.08. The van der Waals surface area contributed by atoms with Gasteiger partial charge in [0.15, 0.2) is 0 Å². The Morgan fingerprint density at radius 3 is 2.87 bits per heavy atom. The number of benzene rings is 2. The van der Waals surface area contributed by atoms with Gasteiger partial charge >= 0.3 is 5.97 Å². The molecule has 0 spiro atoms. The average molecular weight is 370 g/mol. The fourth-order valence-electron chi connectivity index (χ4n) is 3.76. The van der Waals surface area contributed by atoms with Gasteiger partial charge in [0.1, 0.15) is 0 Å². The molecule has 0 fully saturated rings. The second kappa shape index (κ2) is 5.53.